The van der Waals surface area contributed by atoms with Crippen molar-refractivity contribution < 1.29 is 14.9 Å². The standard InChI is InChI=1S/C13H12BO3/c15-9-10-8-12(6-7-13(10)14-16)17-11-4-2-1-3-5-11/h1-8,15-16H,9H2. The van der Waals surface area contributed by atoms with Gasteiger partial charge in [-0.15, -0.1) is 0 Å². The molecule has 0 heterocycles. The van der Waals surface area contributed by atoms with Gasteiger partial charge in [0.15, 0.2) is 0 Å². The number of ether oxygens (including phenoxy) is 1. The second-order valence-electron chi connectivity index (χ2n) is 3.56. The fraction of sp³-hybridized carbons (Fsp3) is 0.0769. The lowest BCUT2D eigenvalue weighted by Crippen LogP contribution is -2.18. The number of benzene rings is 2. The van der Waals surface area contributed by atoms with E-state index in [0.29, 0.717) is 16.8 Å². The van der Waals surface area contributed by atoms with E-state index in [4.69, 9.17) is 14.9 Å². The van der Waals surface area contributed by atoms with Gasteiger partial charge in [-0.25, -0.2) is 0 Å². The molecular formula is C13H12BO3. The average molecular weight is 227 g/mol. The molecule has 0 fully saturated rings. The number of hydrogen-bond acceptors (Lipinski definition) is 3. The molecule has 2 N–H and O–H groups in total. The van der Waals surface area contributed by atoms with Gasteiger partial charge >= 0.3 is 7.48 Å². The lowest BCUT2D eigenvalue weighted by atomic mass is 9.84. The van der Waals surface area contributed by atoms with E-state index < -0.39 is 0 Å². The van der Waals surface area contributed by atoms with Crippen LogP contribution >= 0.6 is 0 Å². The number of rotatable bonds is 4. The molecule has 17 heavy (non-hydrogen) atoms. The summed E-state index contributed by atoms with van der Waals surface area (Å²) in [7, 11) is 0.970. The molecule has 0 aromatic heterocycles. The van der Waals surface area contributed by atoms with Crippen molar-refractivity contribution in [3.05, 3.63) is 54.1 Å². The van der Waals surface area contributed by atoms with E-state index in [-0.39, 0.29) is 6.61 Å². The molecule has 0 amide bonds. The minimum absolute atomic E-state index is 0.140. The number of para-hydroxylation sites is 1. The van der Waals surface area contributed by atoms with Crippen molar-refractivity contribution in [1.29, 1.82) is 0 Å². The van der Waals surface area contributed by atoms with Crippen LogP contribution in [0.15, 0.2) is 48.5 Å². The summed E-state index contributed by atoms with van der Waals surface area (Å²) in [6.45, 7) is -0.140. The normalized spacial score (nSPS) is 10.0. The first-order valence-electron chi connectivity index (χ1n) is 5.27. The van der Waals surface area contributed by atoms with Crippen LogP contribution in [0.1, 0.15) is 5.56 Å². The number of aliphatic hydroxyl groups excluding tert-OH is 1. The van der Waals surface area contributed by atoms with Gasteiger partial charge in [0.1, 0.15) is 11.5 Å². The Kier molecular flexibility index (Phi) is 3.80. The van der Waals surface area contributed by atoms with Crippen LogP contribution in [0.5, 0.6) is 11.5 Å². The Hall–Kier alpha value is -1.78. The molecule has 0 aliphatic heterocycles. The van der Waals surface area contributed by atoms with Crippen LogP contribution in [0.3, 0.4) is 0 Å². The Labute approximate surface area is 101 Å². The Morgan fingerprint density at radius 3 is 2.41 bits per heavy atom. The third-order valence-corrected chi connectivity index (χ3v) is 2.40. The number of hydrogen-bond donors (Lipinski definition) is 2. The molecule has 0 bridgehead atoms. The van der Waals surface area contributed by atoms with E-state index in [1.54, 1.807) is 18.2 Å². The van der Waals surface area contributed by atoms with Gasteiger partial charge in [0, 0.05) is 0 Å². The highest BCUT2D eigenvalue weighted by molar-refractivity contribution is 6.46. The zero-order valence-electron chi connectivity index (χ0n) is 9.21. The van der Waals surface area contributed by atoms with E-state index >= 15 is 0 Å². The van der Waals surface area contributed by atoms with Crippen LogP contribution in [0.25, 0.3) is 0 Å². The second kappa shape index (κ2) is 5.52. The molecular weight excluding hydrogens is 215 g/mol. The van der Waals surface area contributed by atoms with Gasteiger partial charge in [0.2, 0.25) is 0 Å². The maximum Gasteiger partial charge on any atom is 0.327 e. The van der Waals surface area contributed by atoms with Gasteiger partial charge in [-0.05, 0) is 35.3 Å². The predicted molar refractivity (Wildman–Crippen MR) is 66.5 cm³/mol. The molecule has 2 aromatic rings. The SMILES string of the molecule is O[B]c1ccc(Oc2ccccc2)cc1CO. The summed E-state index contributed by atoms with van der Waals surface area (Å²) in [5, 5.41) is 18.1. The van der Waals surface area contributed by atoms with Gasteiger partial charge < -0.3 is 14.9 Å². The largest absolute Gasteiger partial charge is 0.457 e. The third-order valence-electron chi connectivity index (χ3n) is 2.40. The molecule has 0 spiro atoms. The van der Waals surface area contributed by atoms with E-state index in [1.807, 2.05) is 30.3 Å². The van der Waals surface area contributed by atoms with Crippen molar-refractivity contribution in [2.24, 2.45) is 0 Å². The zero-order valence-corrected chi connectivity index (χ0v) is 9.21. The highest BCUT2D eigenvalue weighted by Crippen LogP contribution is 2.20. The molecule has 0 aliphatic rings. The topological polar surface area (TPSA) is 49.7 Å². The molecule has 2 rings (SSSR count). The summed E-state index contributed by atoms with van der Waals surface area (Å²) in [5.74, 6) is 1.36. The molecule has 0 unspecified atom stereocenters. The summed E-state index contributed by atoms with van der Waals surface area (Å²) in [6, 6.07) is 14.5. The molecule has 1 radical (unpaired) electrons. The summed E-state index contributed by atoms with van der Waals surface area (Å²) in [5.41, 5.74) is 1.22. The van der Waals surface area contributed by atoms with Gasteiger partial charge in [0.25, 0.3) is 0 Å². The Morgan fingerprint density at radius 2 is 1.76 bits per heavy atom. The lowest BCUT2D eigenvalue weighted by Gasteiger charge is -2.09. The summed E-state index contributed by atoms with van der Waals surface area (Å²) >= 11 is 0. The fourth-order valence-electron chi connectivity index (χ4n) is 1.53. The molecule has 0 saturated heterocycles. The molecule has 3 nitrogen and oxygen atoms in total. The van der Waals surface area contributed by atoms with E-state index in [1.165, 1.54) is 0 Å². The summed E-state index contributed by atoms with van der Waals surface area (Å²) in [6.07, 6.45) is 0. The smallest absolute Gasteiger partial charge is 0.327 e. The Balaban J connectivity index is 2.22. The summed E-state index contributed by atoms with van der Waals surface area (Å²) < 4.78 is 5.61. The predicted octanol–water partition coefficient (Wildman–Crippen LogP) is 1.21. The lowest BCUT2D eigenvalue weighted by molar-refractivity contribution is 0.282. The minimum Gasteiger partial charge on any atom is -0.457 e. The maximum absolute atomic E-state index is 9.15. The van der Waals surface area contributed by atoms with Crippen molar-refractivity contribution in [2.75, 3.05) is 0 Å². The quantitative estimate of drug-likeness (QED) is 0.771. The molecule has 0 atom stereocenters. The zero-order chi connectivity index (χ0) is 12.1. The van der Waals surface area contributed by atoms with Crippen molar-refractivity contribution in [3.8, 4) is 11.5 Å². The highest BCUT2D eigenvalue weighted by atomic mass is 16.5. The van der Waals surface area contributed by atoms with Crippen LogP contribution in [0.2, 0.25) is 0 Å². The third kappa shape index (κ3) is 2.87. The van der Waals surface area contributed by atoms with E-state index in [2.05, 4.69) is 0 Å². The first-order valence-corrected chi connectivity index (χ1v) is 5.27. The van der Waals surface area contributed by atoms with Crippen molar-refractivity contribution in [2.45, 2.75) is 6.61 Å². The minimum atomic E-state index is -0.140. The van der Waals surface area contributed by atoms with Crippen LogP contribution in [0.4, 0.5) is 0 Å². The van der Waals surface area contributed by atoms with Crippen LogP contribution in [-0.4, -0.2) is 17.6 Å². The average Bonchev–Trinajstić information content (AvgIpc) is 2.40. The summed E-state index contributed by atoms with van der Waals surface area (Å²) in [4.78, 5) is 0. The van der Waals surface area contributed by atoms with Gasteiger partial charge in [-0.3, -0.25) is 0 Å². The van der Waals surface area contributed by atoms with Gasteiger partial charge in [-0.2, -0.15) is 0 Å². The van der Waals surface area contributed by atoms with Crippen molar-refractivity contribution in [1.82, 2.24) is 0 Å². The molecule has 85 valence electrons. The molecule has 4 heteroatoms. The highest BCUT2D eigenvalue weighted by Gasteiger charge is 2.05. The van der Waals surface area contributed by atoms with E-state index in [0.717, 1.165) is 13.2 Å². The van der Waals surface area contributed by atoms with Crippen LogP contribution in [-0.2, 0) is 6.61 Å². The maximum atomic E-state index is 9.15. The number of aliphatic hydroxyl groups is 1. The monoisotopic (exact) mass is 227 g/mol. The van der Waals surface area contributed by atoms with Crippen molar-refractivity contribution >= 4 is 12.9 Å². The Bertz CT molecular complexity index is 485. The first kappa shape index (κ1) is 11.7. The first-order chi connectivity index (χ1) is 8.33. The molecule has 0 saturated carbocycles. The van der Waals surface area contributed by atoms with Crippen LogP contribution in [0, 0.1) is 0 Å². The van der Waals surface area contributed by atoms with Crippen molar-refractivity contribution in [3.63, 3.8) is 0 Å². The van der Waals surface area contributed by atoms with Gasteiger partial charge in [-0.1, -0.05) is 24.3 Å². The van der Waals surface area contributed by atoms with Crippen LogP contribution < -0.4 is 10.2 Å². The fourth-order valence-corrected chi connectivity index (χ4v) is 1.53. The molecule has 0 aliphatic carbocycles. The Morgan fingerprint density at radius 1 is 1.00 bits per heavy atom. The van der Waals surface area contributed by atoms with E-state index in [9.17, 15) is 0 Å². The second-order valence-corrected chi connectivity index (χ2v) is 3.56. The molecule has 2 aromatic carbocycles. The van der Waals surface area contributed by atoms with Gasteiger partial charge in [0.05, 0.1) is 6.61 Å².